The van der Waals surface area contributed by atoms with Crippen molar-refractivity contribution < 1.29 is 24.2 Å². The van der Waals surface area contributed by atoms with Crippen molar-refractivity contribution in [2.24, 2.45) is 5.92 Å². The molecule has 1 rings (SSSR count). The lowest BCUT2D eigenvalue weighted by Gasteiger charge is -2.28. The third-order valence-electron chi connectivity index (χ3n) is 3.56. The molecule has 1 atom stereocenters. The van der Waals surface area contributed by atoms with E-state index < -0.39 is 23.7 Å². The van der Waals surface area contributed by atoms with Gasteiger partial charge in [0.1, 0.15) is 11.6 Å². The maximum absolute atomic E-state index is 11.8. The number of rotatable bonds is 4. The molecule has 0 radical (unpaired) electrons. The van der Waals surface area contributed by atoms with Crippen LogP contribution in [-0.2, 0) is 14.3 Å². The van der Waals surface area contributed by atoms with Crippen LogP contribution in [0.4, 0.5) is 4.79 Å². The van der Waals surface area contributed by atoms with E-state index in [4.69, 9.17) is 9.47 Å². The number of carbonyl (C=O) groups excluding carboxylic acids is 2. The first kappa shape index (κ1) is 17.8. The summed E-state index contributed by atoms with van der Waals surface area (Å²) in [4.78, 5) is 23.6. The molecule has 21 heavy (non-hydrogen) atoms. The number of aliphatic hydroxyl groups is 1. The van der Waals surface area contributed by atoms with Gasteiger partial charge in [-0.15, -0.1) is 0 Å². The highest BCUT2D eigenvalue weighted by molar-refractivity contribution is 5.81. The van der Waals surface area contributed by atoms with Gasteiger partial charge in [-0.3, -0.25) is 0 Å². The van der Waals surface area contributed by atoms with Crippen LogP contribution in [-0.4, -0.2) is 42.0 Å². The van der Waals surface area contributed by atoms with Gasteiger partial charge in [0, 0.05) is 0 Å². The van der Waals surface area contributed by atoms with Crippen LogP contribution in [0.25, 0.3) is 0 Å². The molecule has 0 unspecified atom stereocenters. The minimum Gasteiger partial charge on any atom is -0.467 e. The van der Waals surface area contributed by atoms with Crippen LogP contribution in [0.2, 0.25) is 0 Å². The zero-order chi connectivity index (χ0) is 16.0. The Kier molecular flexibility index (Phi) is 6.45. The number of nitrogens with one attached hydrogen (secondary N) is 1. The summed E-state index contributed by atoms with van der Waals surface area (Å²) >= 11 is 0. The van der Waals surface area contributed by atoms with Crippen LogP contribution < -0.4 is 5.32 Å². The van der Waals surface area contributed by atoms with Gasteiger partial charge in [0.25, 0.3) is 0 Å². The summed E-state index contributed by atoms with van der Waals surface area (Å²) in [6.45, 7) is 5.30. The molecule has 1 fully saturated rings. The third-order valence-corrected chi connectivity index (χ3v) is 3.56. The summed E-state index contributed by atoms with van der Waals surface area (Å²) < 4.78 is 9.92. The fourth-order valence-electron chi connectivity index (χ4n) is 2.52. The SMILES string of the molecule is COC(=O)[C@@H](CC1CCC(O)CC1)NC(=O)OC(C)(C)C. The summed E-state index contributed by atoms with van der Waals surface area (Å²) in [5.41, 5.74) is -0.611. The molecule has 1 saturated carbocycles. The molecule has 6 heteroatoms. The molecular weight excluding hydrogens is 274 g/mol. The predicted octanol–water partition coefficient (Wildman–Crippen LogP) is 1.99. The number of methoxy groups -OCH3 is 1. The average molecular weight is 301 g/mol. The standard InChI is InChI=1S/C15H27NO5/c1-15(2,3)21-14(19)16-12(13(18)20-4)9-10-5-7-11(17)8-6-10/h10-12,17H,5-9H2,1-4H3,(H,16,19)/t10?,11?,12-/m1/s1. The summed E-state index contributed by atoms with van der Waals surface area (Å²) in [5, 5.41) is 12.1. The Morgan fingerprint density at radius 1 is 1.24 bits per heavy atom. The van der Waals surface area contributed by atoms with E-state index in [1.54, 1.807) is 20.8 Å². The Labute approximate surface area is 126 Å². The van der Waals surface area contributed by atoms with Gasteiger partial charge in [0.15, 0.2) is 0 Å². The minimum atomic E-state index is -0.704. The predicted molar refractivity (Wildman–Crippen MR) is 77.8 cm³/mol. The van der Waals surface area contributed by atoms with Crippen molar-refractivity contribution in [2.75, 3.05) is 7.11 Å². The number of amides is 1. The molecule has 0 aromatic carbocycles. The molecule has 0 aromatic heterocycles. The minimum absolute atomic E-state index is 0.239. The van der Waals surface area contributed by atoms with Gasteiger partial charge in [0.05, 0.1) is 13.2 Å². The summed E-state index contributed by atoms with van der Waals surface area (Å²) in [6, 6.07) is -0.704. The van der Waals surface area contributed by atoms with Crippen molar-refractivity contribution in [2.45, 2.75) is 70.6 Å². The lowest BCUT2D eigenvalue weighted by atomic mass is 9.83. The van der Waals surface area contributed by atoms with E-state index in [2.05, 4.69) is 5.32 Å². The van der Waals surface area contributed by atoms with E-state index in [0.29, 0.717) is 12.3 Å². The van der Waals surface area contributed by atoms with Crippen molar-refractivity contribution in [3.8, 4) is 0 Å². The normalized spacial score (nSPS) is 24.0. The van der Waals surface area contributed by atoms with Gasteiger partial charge in [-0.05, 0) is 58.8 Å². The van der Waals surface area contributed by atoms with Crippen LogP contribution in [0.5, 0.6) is 0 Å². The van der Waals surface area contributed by atoms with Gasteiger partial charge < -0.3 is 19.9 Å². The number of ether oxygens (including phenoxy) is 2. The maximum Gasteiger partial charge on any atom is 0.408 e. The highest BCUT2D eigenvalue weighted by Gasteiger charge is 2.29. The molecule has 0 aliphatic heterocycles. The Morgan fingerprint density at radius 3 is 2.29 bits per heavy atom. The first-order chi connectivity index (χ1) is 9.71. The molecule has 1 aliphatic carbocycles. The number of alkyl carbamates (subject to hydrolysis) is 1. The van der Waals surface area contributed by atoms with Gasteiger partial charge >= 0.3 is 12.1 Å². The Balaban J connectivity index is 2.55. The van der Waals surface area contributed by atoms with E-state index in [0.717, 1.165) is 25.7 Å². The zero-order valence-corrected chi connectivity index (χ0v) is 13.3. The number of hydrogen-bond donors (Lipinski definition) is 2. The van der Waals surface area contributed by atoms with Crippen molar-refractivity contribution >= 4 is 12.1 Å². The average Bonchev–Trinajstić information content (AvgIpc) is 2.37. The Bertz CT molecular complexity index is 356. The first-order valence-corrected chi connectivity index (χ1v) is 7.46. The molecule has 0 saturated heterocycles. The highest BCUT2D eigenvalue weighted by atomic mass is 16.6. The molecule has 0 heterocycles. The number of esters is 1. The second-order valence-electron chi connectivity index (χ2n) is 6.63. The van der Waals surface area contributed by atoms with Crippen molar-refractivity contribution in [3.05, 3.63) is 0 Å². The lowest BCUT2D eigenvalue weighted by molar-refractivity contribution is -0.143. The molecule has 0 bridgehead atoms. The van der Waals surface area contributed by atoms with Crippen LogP contribution in [0.1, 0.15) is 52.9 Å². The largest absolute Gasteiger partial charge is 0.467 e. The lowest BCUT2D eigenvalue weighted by Crippen LogP contribution is -2.45. The van der Waals surface area contributed by atoms with Gasteiger partial charge in [-0.2, -0.15) is 0 Å². The van der Waals surface area contributed by atoms with Crippen LogP contribution in [0.3, 0.4) is 0 Å². The number of hydrogen-bond acceptors (Lipinski definition) is 5. The quantitative estimate of drug-likeness (QED) is 0.776. The third kappa shape index (κ3) is 6.80. The smallest absolute Gasteiger partial charge is 0.408 e. The Morgan fingerprint density at radius 2 is 1.81 bits per heavy atom. The highest BCUT2D eigenvalue weighted by Crippen LogP contribution is 2.28. The van der Waals surface area contributed by atoms with Crippen molar-refractivity contribution in [1.29, 1.82) is 0 Å². The number of aliphatic hydroxyl groups excluding tert-OH is 1. The summed E-state index contributed by atoms with van der Waals surface area (Å²) in [6.07, 6.45) is 2.84. The fourth-order valence-corrected chi connectivity index (χ4v) is 2.52. The molecule has 6 nitrogen and oxygen atoms in total. The summed E-state index contributed by atoms with van der Waals surface area (Å²) in [7, 11) is 1.30. The molecule has 1 amide bonds. The molecule has 122 valence electrons. The summed E-state index contributed by atoms with van der Waals surface area (Å²) in [5.74, 6) is -0.167. The van der Waals surface area contributed by atoms with Crippen LogP contribution >= 0.6 is 0 Å². The van der Waals surface area contributed by atoms with E-state index in [1.807, 2.05) is 0 Å². The zero-order valence-electron chi connectivity index (χ0n) is 13.3. The van der Waals surface area contributed by atoms with Gasteiger partial charge in [-0.25, -0.2) is 9.59 Å². The van der Waals surface area contributed by atoms with Crippen LogP contribution in [0.15, 0.2) is 0 Å². The maximum atomic E-state index is 11.8. The monoisotopic (exact) mass is 301 g/mol. The van der Waals surface area contributed by atoms with Gasteiger partial charge in [0.2, 0.25) is 0 Å². The molecule has 2 N–H and O–H groups in total. The van der Waals surface area contributed by atoms with Crippen LogP contribution in [0, 0.1) is 5.92 Å². The molecule has 0 spiro atoms. The molecule has 1 aliphatic rings. The first-order valence-electron chi connectivity index (χ1n) is 7.46. The topological polar surface area (TPSA) is 84.9 Å². The van der Waals surface area contributed by atoms with Gasteiger partial charge in [-0.1, -0.05) is 0 Å². The van der Waals surface area contributed by atoms with Crippen molar-refractivity contribution in [1.82, 2.24) is 5.32 Å². The van der Waals surface area contributed by atoms with E-state index in [-0.39, 0.29) is 6.10 Å². The Hall–Kier alpha value is -1.30. The second-order valence-corrected chi connectivity index (χ2v) is 6.63. The fraction of sp³-hybridized carbons (Fsp3) is 0.867. The van der Waals surface area contributed by atoms with E-state index in [9.17, 15) is 14.7 Å². The second kappa shape index (κ2) is 7.64. The van der Waals surface area contributed by atoms with Crippen molar-refractivity contribution in [3.63, 3.8) is 0 Å². The number of carbonyl (C=O) groups is 2. The van der Waals surface area contributed by atoms with E-state index in [1.165, 1.54) is 7.11 Å². The van der Waals surface area contributed by atoms with E-state index >= 15 is 0 Å². The molecule has 0 aromatic rings. The molecular formula is C15H27NO5.